The smallest absolute Gasteiger partial charge is 0.118 e. The van der Waals surface area contributed by atoms with Gasteiger partial charge in [-0.15, -0.1) is 0 Å². The van der Waals surface area contributed by atoms with E-state index in [2.05, 4.69) is 35.1 Å². The van der Waals surface area contributed by atoms with Gasteiger partial charge >= 0.3 is 0 Å². The third kappa shape index (κ3) is 4.35. The van der Waals surface area contributed by atoms with Gasteiger partial charge < -0.3 is 10.5 Å². The van der Waals surface area contributed by atoms with Crippen LogP contribution in [0.15, 0.2) is 48.5 Å². The maximum absolute atomic E-state index is 5.57. The Kier molecular flexibility index (Phi) is 5.55. The average molecular weight is 271 g/mol. The van der Waals surface area contributed by atoms with Crippen molar-refractivity contribution in [3.05, 3.63) is 65.2 Å². The number of rotatable bonds is 7. The summed E-state index contributed by atoms with van der Waals surface area (Å²) in [5, 5.41) is 0. The predicted octanol–water partition coefficient (Wildman–Crippen LogP) is 1.95. The van der Waals surface area contributed by atoms with Gasteiger partial charge in [0.1, 0.15) is 5.75 Å². The van der Waals surface area contributed by atoms with Crippen LogP contribution in [0.5, 0.6) is 5.75 Å². The fourth-order valence-corrected chi connectivity index (χ4v) is 1.87. The maximum Gasteiger partial charge on any atom is 0.118 e. The van der Waals surface area contributed by atoms with Crippen LogP contribution in [0.2, 0.25) is 0 Å². The van der Waals surface area contributed by atoms with E-state index in [0.29, 0.717) is 6.54 Å². The minimum atomic E-state index is 0.587. The maximum atomic E-state index is 5.57. The summed E-state index contributed by atoms with van der Waals surface area (Å²) in [6.07, 6.45) is 0. The Labute approximate surface area is 119 Å². The summed E-state index contributed by atoms with van der Waals surface area (Å²) in [6.45, 7) is 2.13. The highest BCUT2D eigenvalue weighted by Crippen LogP contribution is 2.10. The first-order valence-electron chi connectivity index (χ1n) is 6.68. The molecular formula is C16H21N3O. The van der Waals surface area contributed by atoms with E-state index in [-0.39, 0.29) is 0 Å². The van der Waals surface area contributed by atoms with Crippen LogP contribution in [-0.2, 0) is 19.6 Å². The number of methoxy groups -OCH3 is 1. The summed E-state index contributed by atoms with van der Waals surface area (Å²) in [6, 6.07) is 16.3. The highest BCUT2D eigenvalue weighted by Gasteiger charge is 1.95. The van der Waals surface area contributed by atoms with Gasteiger partial charge in [-0.25, -0.2) is 0 Å². The van der Waals surface area contributed by atoms with Crippen molar-refractivity contribution in [3.63, 3.8) is 0 Å². The minimum absolute atomic E-state index is 0.587. The van der Waals surface area contributed by atoms with Crippen molar-refractivity contribution in [1.29, 1.82) is 0 Å². The monoisotopic (exact) mass is 271 g/mol. The molecule has 0 fully saturated rings. The van der Waals surface area contributed by atoms with E-state index in [0.717, 1.165) is 24.4 Å². The second-order valence-corrected chi connectivity index (χ2v) is 4.58. The van der Waals surface area contributed by atoms with E-state index < -0.39 is 0 Å². The largest absolute Gasteiger partial charge is 0.497 e. The van der Waals surface area contributed by atoms with Crippen molar-refractivity contribution in [2.45, 2.75) is 19.6 Å². The quantitative estimate of drug-likeness (QED) is 0.532. The summed E-state index contributed by atoms with van der Waals surface area (Å²) in [4.78, 5) is 0. The SMILES string of the molecule is COc1ccc(CNNCc2ccc(CN)cc2)cc1. The Morgan fingerprint density at radius 2 is 1.25 bits per heavy atom. The third-order valence-corrected chi connectivity index (χ3v) is 3.13. The molecule has 0 saturated heterocycles. The lowest BCUT2D eigenvalue weighted by Gasteiger charge is -2.08. The zero-order valence-electron chi connectivity index (χ0n) is 11.7. The topological polar surface area (TPSA) is 59.3 Å². The summed E-state index contributed by atoms with van der Waals surface area (Å²) >= 11 is 0. The molecule has 0 unspecified atom stereocenters. The molecule has 4 N–H and O–H groups in total. The van der Waals surface area contributed by atoms with Crippen molar-refractivity contribution >= 4 is 0 Å². The van der Waals surface area contributed by atoms with Gasteiger partial charge in [-0.3, -0.25) is 10.9 Å². The molecule has 0 saturated carbocycles. The molecule has 2 aromatic rings. The molecule has 4 nitrogen and oxygen atoms in total. The predicted molar refractivity (Wildman–Crippen MR) is 81.0 cm³/mol. The van der Waals surface area contributed by atoms with Gasteiger partial charge in [0.2, 0.25) is 0 Å². The van der Waals surface area contributed by atoms with Crippen LogP contribution in [0.3, 0.4) is 0 Å². The summed E-state index contributed by atoms with van der Waals surface area (Å²) in [7, 11) is 1.67. The lowest BCUT2D eigenvalue weighted by Crippen LogP contribution is -2.30. The van der Waals surface area contributed by atoms with E-state index >= 15 is 0 Å². The van der Waals surface area contributed by atoms with Crippen LogP contribution < -0.4 is 21.3 Å². The molecule has 0 aliphatic carbocycles. The first-order valence-corrected chi connectivity index (χ1v) is 6.68. The Morgan fingerprint density at radius 1 is 0.800 bits per heavy atom. The van der Waals surface area contributed by atoms with E-state index in [1.165, 1.54) is 11.1 Å². The number of hydrazine groups is 1. The van der Waals surface area contributed by atoms with E-state index in [4.69, 9.17) is 10.5 Å². The number of hydrogen-bond donors (Lipinski definition) is 3. The van der Waals surface area contributed by atoms with Crippen LogP contribution in [-0.4, -0.2) is 7.11 Å². The molecule has 2 rings (SSSR count). The molecule has 0 amide bonds. The molecule has 4 heteroatoms. The average Bonchev–Trinajstić information content (AvgIpc) is 2.53. The van der Waals surface area contributed by atoms with Crippen LogP contribution in [0.4, 0.5) is 0 Å². The van der Waals surface area contributed by atoms with Crippen molar-refractivity contribution in [2.75, 3.05) is 7.11 Å². The summed E-state index contributed by atoms with van der Waals surface area (Å²) in [5.41, 5.74) is 15.6. The number of nitrogens with one attached hydrogen (secondary N) is 2. The number of nitrogens with two attached hydrogens (primary N) is 1. The molecular weight excluding hydrogens is 250 g/mol. The highest BCUT2D eigenvalue weighted by molar-refractivity contribution is 5.27. The zero-order valence-corrected chi connectivity index (χ0v) is 11.7. The van der Waals surface area contributed by atoms with Gasteiger partial charge in [-0.05, 0) is 28.8 Å². The first kappa shape index (κ1) is 14.5. The molecule has 20 heavy (non-hydrogen) atoms. The number of hydrogen-bond acceptors (Lipinski definition) is 4. The summed E-state index contributed by atoms with van der Waals surface area (Å²) < 4.78 is 5.13. The number of benzene rings is 2. The lowest BCUT2D eigenvalue weighted by molar-refractivity contribution is 0.414. The molecule has 0 heterocycles. The molecule has 0 bridgehead atoms. The van der Waals surface area contributed by atoms with Crippen LogP contribution in [0, 0.1) is 0 Å². The van der Waals surface area contributed by atoms with Crippen molar-refractivity contribution in [3.8, 4) is 5.75 Å². The van der Waals surface area contributed by atoms with E-state index in [1.807, 2.05) is 24.3 Å². The van der Waals surface area contributed by atoms with Gasteiger partial charge in [0.15, 0.2) is 0 Å². The van der Waals surface area contributed by atoms with Gasteiger partial charge in [0, 0.05) is 19.6 Å². The zero-order chi connectivity index (χ0) is 14.2. The molecule has 0 atom stereocenters. The molecule has 0 aliphatic rings. The molecule has 0 aliphatic heterocycles. The van der Waals surface area contributed by atoms with Gasteiger partial charge in [-0.1, -0.05) is 36.4 Å². The second kappa shape index (κ2) is 7.65. The molecule has 0 radical (unpaired) electrons. The molecule has 0 aromatic heterocycles. The Bertz CT molecular complexity index is 459. The standard InChI is InChI=1S/C16H21N3O/c1-20-16-8-6-15(7-9-16)12-19-18-11-14-4-2-13(10-17)3-5-14/h2-9,18-19H,10-12,17H2,1H3. The molecule has 0 spiro atoms. The summed E-state index contributed by atoms with van der Waals surface area (Å²) in [5.74, 6) is 0.877. The van der Waals surface area contributed by atoms with Gasteiger partial charge in [-0.2, -0.15) is 0 Å². The molecule has 106 valence electrons. The fraction of sp³-hybridized carbons (Fsp3) is 0.250. The van der Waals surface area contributed by atoms with Crippen molar-refractivity contribution in [2.24, 2.45) is 5.73 Å². The van der Waals surface area contributed by atoms with E-state index in [1.54, 1.807) is 7.11 Å². The van der Waals surface area contributed by atoms with Gasteiger partial charge in [0.05, 0.1) is 7.11 Å². The number of ether oxygens (including phenoxy) is 1. The van der Waals surface area contributed by atoms with Crippen molar-refractivity contribution in [1.82, 2.24) is 10.9 Å². The van der Waals surface area contributed by atoms with Crippen LogP contribution in [0.25, 0.3) is 0 Å². The van der Waals surface area contributed by atoms with Crippen LogP contribution in [0.1, 0.15) is 16.7 Å². The second-order valence-electron chi connectivity index (χ2n) is 4.58. The first-order chi connectivity index (χ1) is 9.81. The minimum Gasteiger partial charge on any atom is -0.497 e. The fourth-order valence-electron chi connectivity index (χ4n) is 1.87. The Balaban J connectivity index is 1.72. The highest BCUT2D eigenvalue weighted by atomic mass is 16.5. The third-order valence-electron chi connectivity index (χ3n) is 3.13. The van der Waals surface area contributed by atoms with E-state index in [9.17, 15) is 0 Å². The van der Waals surface area contributed by atoms with Gasteiger partial charge in [0.25, 0.3) is 0 Å². The molecule has 2 aromatic carbocycles. The Morgan fingerprint density at radius 3 is 1.70 bits per heavy atom. The van der Waals surface area contributed by atoms with Crippen molar-refractivity contribution < 1.29 is 4.74 Å². The van der Waals surface area contributed by atoms with Crippen LogP contribution >= 0.6 is 0 Å². The normalized spacial score (nSPS) is 10.5. The lowest BCUT2D eigenvalue weighted by atomic mass is 10.1. The Hall–Kier alpha value is -1.88.